The van der Waals surface area contributed by atoms with E-state index in [9.17, 15) is 9.59 Å². The minimum atomic E-state index is -0.0480. The molecule has 1 aliphatic heterocycles. The molecule has 1 fully saturated rings. The van der Waals surface area contributed by atoms with Crippen LogP contribution >= 0.6 is 12.2 Å². The fourth-order valence-corrected chi connectivity index (χ4v) is 4.44. The van der Waals surface area contributed by atoms with Crippen molar-refractivity contribution >= 4 is 24.0 Å². The van der Waals surface area contributed by atoms with Gasteiger partial charge in [-0.05, 0) is 43.6 Å². The minimum absolute atomic E-state index is 0.0480. The van der Waals surface area contributed by atoms with Crippen molar-refractivity contribution in [3.63, 3.8) is 0 Å². The third-order valence-corrected chi connectivity index (χ3v) is 6.42. The summed E-state index contributed by atoms with van der Waals surface area (Å²) in [6.07, 6.45) is 1.72. The predicted octanol–water partition coefficient (Wildman–Crippen LogP) is 3.86. The number of benzene rings is 2. The third kappa shape index (κ3) is 5.76. The molecule has 2 amide bonds. The molecule has 3 aromatic rings. The molecule has 4 rings (SSSR count). The van der Waals surface area contributed by atoms with E-state index in [4.69, 9.17) is 12.2 Å². The van der Waals surface area contributed by atoms with Crippen LogP contribution in [0.3, 0.4) is 0 Å². The number of aromatic amines is 1. The number of H-pyrrole nitrogens is 1. The van der Waals surface area contributed by atoms with Gasteiger partial charge in [0.05, 0.1) is 0 Å². The van der Waals surface area contributed by atoms with Crippen LogP contribution in [0.4, 0.5) is 0 Å². The fourth-order valence-electron chi connectivity index (χ4n) is 4.22. The topological polar surface area (TPSA) is 83.0 Å². The molecule has 0 bridgehead atoms. The largest absolute Gasteiger partial charge is 0.352 e. The van der Waals surface area contributed by atoms with Crippen molar-refractivity contribution in [1.29, 1.82) is 0 Å². The second-order valence-corrected chi connectivity index (χ2v) is 8.87. The number of carbonyl (C=O) groups excluding carboxylic acids is 2. The first-order valence-electron chi connectivity index (χ1n) is 11.3. The zero-order chi connectivity index (χ0) is 23.2. The van der Waals surface area contributed by atoms with Crippen molar-refractivity contribution < 1.29 is 9.59 Å². The van der Waals surface area contributed by atoms with Gasteiger partial charge in [0.15, 0.2) is 10.6 Å². The summed E-state index contributed by atoms with van der Waals surface area (Å²) in [4.78, 5) is 27.2. The molecule has 7 nitrogen and oxygen atoms in total. The van der Waals surface area contributed by atoms with Gasteiger partial charge >= 0.3 is 0 Å². The summed E-state index contributed by atoms with van der Waals surface area (Å²) in [5, 5.41) is 10.2. The normalized spacial score (nSPS) is 14.3. The Morgan fingerprint density at radius 1 is 1.12 bits per heavy atom. The maximum Gasteiger partial charge on any atom is 0.224 e. The van der Waals surface area contributed by atoms with Crippen LogP contribution in [-0.2, 0) is 22.7 Å². The van der Waals surface area contributed by atoms with Gasteiger partial charge < -0.3 is 10.2 Å². The first-order valence-corrected chi connectivity index (χ1v) is 11.7. The van der Waals surface area contributed by atoms with Crippen LogP contribution in [0.5, 0.6) is 0 Å². The van der Waals surface area contributed by atoms with Crippen LogP contribution in [0.15, 0.2) is 54.6 Å². The molecule has 2 heterocycles. The number of hydrogen-bond acceptors (Lipinski definition) is 4. The van der Waals surface area contributed by atoms with Gasteiger partial charge in [-0.15, -0.1) is 0 Å². The summed E-state index contributed by atoms with van der Waals surface area (Å²) >= 11 is 5.39. The molecule has 0 radical (unpaired) electrons. The molecule has 0 atom stereocenters. The van der Waals surface area contributed by atoms with Crippen LogP contribution < -0.4 is 5.32 Å². The summed E-state index contributed by atoms with van der Waals surface area (Å²) in [5.74, 6) is 0.841. The molecule has 2 N–H and O–H groups in total. The lowest BCUT2D eigenvalue weighted by atomic mass is 9.95. The minimum Gasteiger partial charge on any atom is -0.352 e. The summed E-state index contributed by atoms with van der Waals surface area (Å²) in [6, 6.07) is 17.9. The van der Waals surface area contributed by atoms with Gasteiger partial charge in [0.2, 0.25) is 11.8 Å². The standard InChI is InChI=1S/C25H29N5O2S/c1-18-6-5-9-21(16-18)23-27-28-25(33)30(23)15-12-22(31)29-13-10-20(11-14-29)24(32)26-17-19-7-3-2-4-8-19/h2-9,16,20H,10-15,17H2,1H3,(H,26,32)(H,28,33). The Balaban J connectivity index is 1.28. The second-order valence-electron chi connectivity index (χ2n) is 8.48. The monoisotopic (exact) mass is 463 g/mol. The van der Waals surface area contributed by atoms with E-state index in [1.165, 1.54) is 0 Å². The van der Waals surface area contributed by atoms with Gasteiger partial charge in [0, 0.05) is 44.1 Å². The highest BCUT2D eigenvalue weighted by Gasteiger charge is 2.27. The molecular weight excluding hydrogens is 434 g/mol. The highest BCUT2D eigenvalue weighted by atomic mass is 32.1. The van der Waals surface area contributed by atoms with Crippen molar-refractivity contribution in [3.8, 4) is 11.4 Å². The van der Waals surface area contributed by atoms with E-state index in [2.05, 4.69) is 21.6 Å². The number of aryl methyl sites for hydroxylation is 1. The molecule has 0 saturated carbocycles. The van der Waals surface area contributed by atoms with Gasteiger partial charge in [0.25, 0.3) is 0 Å². The summed E-state index contributed by atoms with van der Waals surface area (Å²) in [6.45, 7) is 4.24. The highest BCUT2D eigenvalue weighted by molar-refractivity contribution is 7.71. The van der Waals surface area contributed by atoms with Crippen molar-refractivity contribution in [2.45, 2.75) is 39.3 Å². The molecule has 2 aromatic carbocycles. The first-order chi connectivity index (χ1) is 16.0. The molecule has 172 valence electrons. The maximum absolute atomic E-state index is 12.8. The summed E-state index contributed by atoms with van der Waals surface area (Å²) in [7, 11) is 0. The number of nitrogens with zero attached hydrogens (tertiary/aromatic N) is 3. The zero-order valence-corrected chi connectivity index (χ0v) is 19.6. The lowest BCUT2D eigenvalue weighted by molar-refractivity contribution is -0.135. The van der Waals surface area contributed by atoms with Crippen molar-refractivity contribution in [2.24, 2.45) is 5.92 Å². The number of hydrogen-bond donors (Lipinski definition) is 2. The third-order valence-electron chi connectivity index (χ3n) is 6.11. The van der Waals surface area contributed by atoms with Gasteiger partial charge in [-0.25, -0.2) is 0 Å². The Hall–Kier alpha value is -3.26. The Labute approximate surface area is 198 Å². The van der Waals surface area contributed by atoms with Crippen molar-refractivity contribution in [2.75, 3.05) is 13.1 Å². The molecule has 1 aliphatic rings. The molecule has 0 spiro atoms. The molecule has 0 unspecified atom stereocenters. The van der Waals surface area contributed by atoms with E-state index >= 15 is 0 Å². The van der Waals surface area contributed by atoms with Crippen LogP contribution in [-0.4, -0.2) is 44.6 Å². The first kappa shape index (κ1) is 22.9. The number of aromatic nitrogens is 3. The molecule has 8 heteroatoms. The van der Waals surface area contributed by atoms with E-state index in [1.807, 2.05) is 64.9 Å². The predicted molar refractivity (Wildman–Crippen MR) is 130 cm³/mol. The lowest BCUT2D eigenvalue weighted by Crippen LogP contribution is -2.43. The Bertz CT molecular complexity index is 1160. The van der Waals surface area contributed by atoms with Gasteiger partial charge in [-0.1, -0.05) is 54.1 Å². The van der Waals surface area contributed by atoms with Crippen LogP contribution in [0.1, 0.15) is 30.4 Å². The smallest absolute Gasteiger partial charge is 0.224 e. The fraction of sp³-hybridized carbons (Fsp3) is 0.360. The molecule has 33 heavy (non-hydrogen) atoms. The maximum atomic E-state index is 12.8. The SMILES string of the molecule is Cc1cccc(-c2n[nH]c(=S)n2CCC(=O)N2CCC(C(=O)NCc3ccccc3)CC2)c1. The van der Waals surface area contributed by atoms with Crippen molar-refractivity contribution in [3.05, 3.63) is 70.5 Å². The van der Waals surface area contributed by atoms with Crippen molar-refractivity contribution in [1.82, 2.24) is 25.0 Å². The Kier molecular flexibility index (Phi) is 7.34. The summed E-state index contributed by atoms with van der Waals surface area (Å²) in [5.41, 5.74) is 3.19. The van der Waals surface area contributed by atoms with E-state index in [0.717, 1.165) is 22.5 Å². The van der Waals surface area contributed by atoms with E-state index < -0.39 is 0 Å². The molecule has 0 aliphatic carbocycles. The number of amides is 2. The zero-order valence-electron chi connectivity index (χ0n) is 18.8. The average molecular weight is 464 g/mol. The number of rotatable bonds is 7. The summed E-state index contributed by atoms with van der Waals surface area (Å²) < 4.78 is 2.39. The van der Waals surface area contributed by atoms with Crippen LogP contribution in [0.25, 0.3) is 11.4 Å². The molecule has 1 saturated heterocycles. The van der Waals surface area contributed by atoms with E-state index in [0.29, 0.717) is 50.2 Å². The van der Waals surface area contributed by atoms with Gasteiger partial charge in [-0.3, -0.25) is 19.3 Å². The Morgan fingerprint density at radius 2 is 1.88 bits per heavy atom. The van der Waals surface area contributed by atoms with Crippen LogP contribution in [0.2, 0.25) is 0 Å². The highest BCUT2D eigenvalue weighted by Crippen LogP contribution is 2.21. The number of piperidine rings is 1. The molecule has 1 aromatic heterocycles. The van der Waals surface area contributed by atoms with E-state index in [1.54, 1.807) is 0 Å². The van der Waals surface area contributed by atoms with E-state index in [-0.39, 0.29) is 17.7 Å². The number of likely N-dealkylation sites (tertiary alicyclic amines) is 1. The van der Waals surface area contributed by atoms with Gasteiger partial charge in [-0.2, -0.15) is 5.10 Å². The number of nitrogens with one attached hydrogen (secondary N) is 2. The Morgan fingerprint density at radius 3 is 2.61 bits per heavy atom. The quantitative estimate of drug-likeness (QED) is 0.521. The van der Waals surface area contributed by atoms with Crippen LogP contribution in [0, 0.1) is 17.6 Å². The number of carbonyl (C=O) groups is 2. The van der Waals surface area contributed by atoms with Gasteiger partial charge in [0.1, 0.15) is 0 Å². The lowest BCUT2D eigenvalue weighted by Gasteiger charge is -2.31. The average Bonchev–Trinajstić information content (AvgIpc) is 3.22. The second kappa shape index (κ2) is 10.6. The molecular formula is C25H29N5O2S.